The molecule has 20 heavy (non-hydrogen) atoms. The molecule has 2 N–H and O–H groups in total. The first-order valence-electron chi connectivity index (χ1n) is 7.04. The molecule has 1 aromatic heterocycles. The lowest BCUT2D eigenvalue weighted by molar-refractivity contribution is 0.261. The normalized spacial score (nSPS) is 19.9. The number of nitrogens with zero attached hydrogens (tertiary/aromatic N) is 2. The summed E-state index contributed by atoms with van der Waals surface area (Å²) in [5.74, 6) is 0. The Morgan fingerprint density at radius 3 is 2.75 bits per heavy atom. The molecule has 5 nitrogen and oxygen atoms in total. The van der Waals surface area contributed by atoms with E-state index in [1.165, 1.54) is 19.4 Å². The number of aromatic nitrogens is 2. The molecule has 0 amide bonds. The van der Waals surface area contributed by atoms with Crippen LogP contribution in [0.15, 0.2) is 41.5 Å². The minimum atomic E-state index is -0.111. The van der Waals surface area contributed by atoms with Gasteiger partial charge in [-0.2, -0.15) is 0 Å². The highest BCUT2D eigenvalue weighted by atomic mass is 16.1. The molecule has 106 valence electrons. The van der Waals surface area contributed by atoms with E-state index in [-0.39, 0.29) is 5.69 Å². The number of hydrogen-bond donors (Lipinski definition) is 2. The molecule has 0 saturated carbocycles. The van der Waals surface area contributed by atoms with Crippen molar-refractivity contribution >= 4 is 5.69 Å². The third-order valence-corrected chi connectivity index (χ3v) is 3.79. The Hall–Kier alpha value is -2.01. The van der Waals surface area contributed by atoms with Crippen molar-refractivity contribution in [3.63, 3.8) is 0 Å². The molecule has 5 heteroatoms. The van der Waals surface area contributed by atoms with Crippen LogP contribution >= 0.6 is 0 Å². The lowest BCUT2D eigenvalue weighted by atomic mass is 10.1. The van der Waals surface area contributed by atoms with Crippen LogP contribution in [0.3, 0.4) is 0 Å². The van der Waals surface area contributed by atoms with E-state index in [2.05, 4.69) is 22.2 Å². The summed E-state index contributed by atoms with van der Waals surface area (Å²) in [7, 11) is 2.16. The van der Waals surface area contributed by atoms with Crippen molar-refractivity contribution in [2.24, 2.45) is 0 Å². The summed E-state index contributed by atoms with van der Waals surface area (Å²) >= 11 is 0. The lowest BCUT2D eigenvalue weighted by Gasteiger charge is -2.30. The lowest BCUT2D eigenvalue weighted by Crippen LogP contribution is -2.39. The van der Waals surface area contributed by atoms with Gasteiger partial charge in [0.1, 0.15) is 0 Å². The molecule has 2 aromatic rings. The van der Waals surface area contributed by atoms with E-state index >= 15 is 0 Å². The summed E-state index contributed by atoms with van der Waals surface area (Å²) in [5.41, 5.74) is 1.87. The Bertz CT molecular complexity index is 613. The average Bonchev–Trinajstić information content (AvgIpc) is 2.86. The molecule has 1 atom stereocenters. The molecule has 3 rings (SSSR count). The second-order valence-corrected chi connectivity index (χ2v) is 5.43. The Labute approximate surface area is 118 Å². The van der Waals surface area contributed by atoms with Crippen LogP contribution in [0.25, 0.3) is 5.69 Å². The Morgan fingerprint density at radius 1 is 1.30 bits per heavy atom. The molecule has 1 fully saturated rings. The van der Waals surface area contributed by atoms with Gasteiger partial charge < -0.3 is 15.2 Å². The largest absolute Gasteiger partial charge is 0.381 e. The van der Waals surface area contributed by atoms with Crippen LogP contribution in [0.2, 0.25) is 0 Å². The first-order valence-corrected chi connectivity index (χ1v) is 7.04. The Balaban J connectivity index is 1.70. The first kappa shape index (κ1) is 13.0. The van der Waals surface area contributed by atoms with Crippen molar-refractivity contribution in [3.05, 3.63) is 47.1 Å². The number of aromatic amines is 1. The van der Waals surface area contributed by atoms with Crippen LogP contribution in [0.1, 0.15) is 12.8 Å². The molecule has 0 bridgehead atoms. The summed E-state index contributed by atoms with van der Waals surface area (Å²) in [6, 6.07) is 8.50. The fourth-order valence-corrected chi connectivity index (χ4v) is 2.76. The van der Waals surface area contributed by atoms with Crippen molar-refractivity contribution in [3.8, 4) is 5.69 Å². The third kappa shape index (κ3) is 2.77. The summed E-state index contributed by atoms with van der Waals surface area (Å²) in [6.45, 7) is 2.27. The summed E-state index contributed by atoms with van der Waals surface area (Å²) < 4.78 is 1.60. The van der Waals surface area contributed by atoms with Gasteiger partial charge in [-0.05, 0) is 50.7 Å². The summed E-state index contributed by atoms with van der Waals surface area (Å²) in [6.07, 6.45) is 5.83. The van der Waals surface area contributed by atoms with Crippen LogP contribution in [-0.2, 0) is 0 Å². The van der Waals surface area contributed by atoms with Crippen molar-refractivity contribution in [1.29, 1.82) is 0 Å². The van der Waals surface area contributed by atoms with Gasteiger partial charge in [-0.3, -0.25) is 4.57 Å². The number of rotatable bonds is 3. The topological polar surface area (TPSA) is 53.1 Å². The van der Waals surface area contributed by atoms with E-state index < -0.39 is 0 Å². The van der Waals surface area contributed by atoms with E-state index in [9.17, 15) is 4.79 Å². The second-order valence-electron chi connectivity index (χ2n) is 5.43. The van der Waals surface area contributed by atoms with Gasteiger partial charge >= 0.3 is 5.69 Å². The van der Waals surface area contributed by atoms with Crippen LogP contribution in [0.4, 0.5) is 5.69 Å². The summed E-state index contributed by atoms with van der Waals surface area (Å²) in [4.78, 5) is 16.5. The molecule has 1 aromatic carbocycles. The maximum Gasteiger partial charge on any atom is 0.330 e. The van der Waals surface area contributed by atoms with E-state index in [4.69, 9.17) is 0 Å². The van der Waals surface area contributed by atoms with Crippen LogP contribution in [0.5, 0.6) is 0 Å². The minimum Gasteiger partial charge on any atom is -0.381 e. The van der Waals surface area contributed by atoms with E-state index in [1.807, 2.05) is 24.3 Å². The summed E-state index contributed by atoms with van der Waals surface area (Å²) in [5, 5.41) is 3.56. The number of imidazole rings is 1. The number of anilines is 1. The quantitative estimate of drug-likeness (QED) is 0.893. The van der Waals surface area contributed by atoms with Gasteiger partial charge in [0, 0.05) is 30.7 Å². The molecule has 0 aliphatic carbocycles. The number of nitrogens with one attached hydrogen (secondary N) is 2. The average molecular weight is 272 g/mol. The van der Waals surface area contributed by atoms with Crippen molar-refractivity contribution < 1.29 is 0 Å². The van der Waals surface area contributed by atoms with Crippen molar-refractivity contribution in [2.75, 3.05) is 25.5 Å². The van der Waals surface area contributed by atoms with Gasteiger partial charge in [0.25, 0.3) is 0 Å². The number of likely N-dealkylation sites (N-methyl/N-ethyl adjacent to an activating group) is 1. The number of hydrogen-bond acceptors (Lipinski definition) is 3. The second kappa shape index (κ2) is 5.54. The number of piperidine rings is 1. The molecule has 0 spiro atoms. The fraction of sp³-hybridized carbons (Fsp3) is 0.400. The Morgan fingerprint density at radius 2 is 2.10 bits per heavy atom. The monoisotopic (exact) mass is 272 g/mol. The predicted octanol–water partition coefficient (Wildman–Crippen LogP) is 1.67. The zero-order valence-corrected chi connectivity index (χ0v) is 11.7. The highest BCUT2D eigenvalue weighted by molar-refractivity contribution is 5.49. The molecule has 1 unspecified atom stereocenters. The molecular formula is C15H20N4O. The molecular weight excluding hydrogens is 252 g/mol. The molecule has 1 saturated heterocycles. The SMILES string of the molecule is CN1CCCC(Nc2ccc(-n3cc[nH]c3=O)cc2)C1. The zero-order chi connectivity index (χ0) is 13.9. The smallest absolute Gasteiger partial charge is 0.330 e. The van der Waals surface area contributed by atoms with E-state index in [1.54, 1.807) is 17.0 Å². The Kier molecular flexibility index (Phi) is 3.60. The zero-order valence-electron chi connectivity index (χ0n) is 11.7. The molecule has 1 aliphatic rings. The van der Waals surface area contributed by atoms with E-state index in [0.717, 1.165) is 17.9 Å². The molecule has 2 heterocycles. The minimum absolute atomic E-state index is 0.111. The highest BCUT2D eigenvalue weighted by Crippen LogP contribution is 2.17. The number of benzene rings is 1. The number of likely N-dealkylation sites (tertiary alicyclic amines) is 1. The van der Waals surface area contributed by atoms with Gasteiger partial charge in [-0.25, -0.2) is 4.79 Å². The number of H-pyrrole nitrogens is 1. The van der Waals surface area contributed by atoms with Gasteiger partial charge in [-0.15, -0.1) is 0 Å². The first-order chi connectivity index (χ1) is 9.72. The van der Waals surface area contributed by atoms with Crippen LogP contribution in [0, 0.1) is 0 Å². The van der Waals surface area contributed by atoms with Crippen LogP contribution in [-0.4, -0.2) is 40.6 Å². The van der Waals surface area contributed by atoms with Gasteiger partial charge in [-0.1, -0.05) is 0 Å². The molecule has 1 aliphatic heterocycles. The molecule has 0 radical (unpaired) electrons. The maximum absolute atomic E-state index is 11.5. The third-order valence-electron chi connectivity index (χ3n) is 3.79. The van der Waals surface area contributed by atoms with Gasteiger partial charge in [0.05, 0.1) is 5.69 Å². The van der Waals surface area contributed by atoms with Gasteiger partial charge in [0.15, 0.2) is 0 Å². The maximum atomic E-state index is 11.5. The standard InChI is InChI=1S/C15H20N4O/c1-18-9-2-3-13(11-18)17-12-4-6-14(7-5-12)19-10-8-16-15(19)20/h4-8,10,13,17H,2-3,9,11H2,1H3,(H,16,20). The van der Waals surface area contributed by atoms with Crippen LogP contribution < -0.4 is 11.0 Å². The highest BCUT2D eigenvalue weighted by Gasteiger charge is 2.16. The van der Waals surface area contributed by atoms with Crippen molar-refractivity contribution in [2.45, 2.75) is 18.9 Å². The van der Waals surface area contributed by atoms with Gasteiger partial charge in [0.2, 0.25) is 0 Å². The predicted molar refractivity (Wildman–Crippen MR) is 80.5 cm³/mol. The van der Waals surface area contributed by atoms with E-state index in [0.29, 0.717) is 6.04 Å². The van der Waals surface area contributed by atoms with Crippen molar-refractivity contribution in [1.82, 2.24) is 14.5 Å². The fourth-order valence-electron chi connectivity index (χ4n) is 2.76.